The minimum absolute atomic E-state index is 0.0399. The lowest BCUT2D eigenvalue weighted by Crippen LogP contribution is -2.34. The molecule has 0 radical (unpaired) electrons. The summed E-state index contributed by atoms with van der Waals surface area (Å²) in [6.07, 6.45) is -2.24. The van der Waals surface area contributed by atoms with E-state index in [0.717, 1.165) is 12.1 Å². The van der Waals surface area contributed by atoms with Crippen LogP contribution in [-0.4, -0.2) is 11.4 Å². The summed E-state index contributed by atoms with van der Waals surface area (Å²) in [6, 6.07) is 7.07. The van der Waals surface area contributed by atoms with E-state index in [4.69, 9.17) is 5.26 Å². The Hall–Kier alpha value is -2.29. The number of amides is 1. The number of hydrogen-bond acceptors (Lipinski definition) is 2. The van der Waals surface area contributed by atoms with Crippen LogP contribution in [0.5, 0.6) is 0 Å². The molecule has 0 bridgehead atoms. The maximum absolute atomic E-state index is 12.9. The first-order chi connectivity index (χ1) is 9.77. The maximum Gasteiger partial charge on any atom is 0.416 e. The van der Waals surface area contributed by atoms with E-state index in [1.165, 1.54) is 25.1 Å². The van der Waals surface area contributed by atoms with Crippen LogP contribution in [0.2, 0.25) is 0 Å². The Morgan fingerprint density at radius 2 is 2.00 bits per heavy atom. The lowest BCUT2D eigenvalue weighted by molar-refractivity contribution is -0.137. The van der Waals surface area contributed by atoms with Gasteiger partial charge in [-0.1, -0.05) is 18.2 Å². The van der Waals surface area contributed by atoms with E-state index < -0.39 is 23.2 Å². The molecular weight excluding hydrogens is 281 g/mol. The number of carbonyl (C=O) groups excluding carboxylic acids is 1. The van der Waals surface area contributed by atoms with E-state index in [0.29, 0.717) is 12.8 Å². The number of alkyl halides is 3. The highest BCUT2D eigenvalue weighted by Crippen LogP contribution is 2.36. The summed E-state index contributed by atoms with van der Waals surface area (Å²) in [5.41, 5.74) is -1.46. The number of hydrogen-bond donors (Lipinski definition) is 1. The van der Waals surface area contributed by atoms with Crippen molar-refractivity contribution in [1.29, 1.82) is 5.26 Å². The molecule has 0 aromatic heterocycles. The molecule has 1 N–H and O–H groups in total. The molecular formula is C15H13F3N2O. The predicted octanol–water partition coefficient (Wildman–Crippen LogP) is 3.28. The van der Waals surface area contributed by atoms with Gasteiger partial charge in [-0.15, -0.1) is 0 Å². The van der Waals surface area contributed by atoms with Crippen molar-refractivity contribution < 1.29 is 18.0 Å². The summed E-state index contributed by atoms with van der Waals surface area (Å²) in [5, 5.41) is 11.4. The third-order valence-corrected chi connectivity index (χ3v) is 3.33. The molecule has 1 aromatic rings. The number of nitrogens with one attached hydrogen (secondary N) is 1. The van der Waals surface area contributed by atoms with E-state index in [-0.39, 0.29) is 11.1 Å². The van der Waals surface area contributed by atoms with Crippen LogP contribution in [0.4, 0.5) is 13.2 Å². The molecule has 0 spiro atoms. The smallest absolute Gasteiger partial charge is 0.334 e. The van der Waals surface area contributed by atoms with Gasteiger partial charge in [0.25, 0.3) is 0 Å². The van der Waals surface area contributed by atoms with E-state index in [2.05, 4.69) is 5.32 Å². The second-order valence-corrected chi connectivity index (χ2v) is 5.05. The summed E-state index contributed by atoms with van der Waals surface area (Å²) >= 11 is 0. The van der Waals surface area contributed by atoms with Crippen molar-refractivity contribution in [2.24, 2.45) is 0 Å². The van der Waals surface area contributed by atoms with Crippen molar-refractivity contribution in [1.82, 2.24) is 5.32 Å². The number of benzene rings is 1. The second-order valence-electron chi connectivity index (χ2n) is 5.05. The monoisotopic (exact) mass is 294 g/mol. The van der Waals surface area contributed by atoms with Crippen molar-refractivity contribution >= 4 is 11.5 Å². The summed E-state index contributed by atoms with van der Waals surface area (Å²) < 4.78 is 38.7. The molecule has 1 aromatic carbocycles. The van der Waals surface area contributed by atoms with Crippen molar-refractivity contribution in [3.63, 3.8) is 0 Å². The standard InChI is InChI=1S/C15H13F3N2O/c1-10(8-13(21)20-14(9-19)6-7-14)11-4-2-3-5-12(11)15(16,17)18/h2-5,8H,6-7H2,1H3,(H,20,21)/b10-8-. The van der Waals surface area contributed by atoms with Gasteiger partial charge < -0.3 is 5.32 Å². The number of halogens is 3. The number of carbonyl (C=O) groups is 1. The van der Waals surface area contributed by atoms with Gasteiger partial charge in [0, 0.05) is 6.08 Å². The summed E-state index contributed by atoms with van der Waals surface area (Å²) in [7, 11) is 0. The van der Waals surface area contributed by atoms with Crippen LogP contribution in [0.3, 0.4) is 0 Å². The summed E-state index contributed by atoms with van der Waals surface area (Å²) in [5.74, 6) is -0.552. The highest BCUT2D eigenvalue weighted by Gasteiger charge is 2.44. The maximum atomic E-state index is 12.9. The first-order valence-corrected chi connectivity index (χ1v) is 6.36. The predicted molar refractivity (Wildman–Crippen MR) is 70.8 cm³/mol. The van der Waals surface area contributed by atoms with Crippen molar-refractivity contribution in [2.75, 3.05) is 0 Å². The quantitative estimate of drug-likeness (QED) is 0.870. The minimum atomic E-state index is -4.48. The van der Waals surface area contributed by atoms with Gasteiger partial charge in [-0.3, -0.25) is 4.79 Å². The molecule has 1 saturated carbocycles. The first kappa shape index (κ1) is 15.1. The molecule has 110 valence electrons. The zero-order valence-corrected chi connectivity index (χ0v) is 11.3. The number of allylic oxidation sites excluding steroid dienone is 1. The SMILES string of the molecule is C/C(=C/C(=O)NC1(C#N)CC1)c1ccccc1C(F)(F)F. The highest BCUT2D eigenvalue weighted by atomic mass is 19.4. The van der Waals surface area contributed by atoms with Crippen LogP contribution < -0.4 is 5.32 Å². The second kappa shape index (κ2) is 5.24. The molecule has 2 rings (SSSR count). The average molecular weight is 294 g/mol. The lowest BCUT2D eigenvalue weighted by Gasteiger charge is -2.13. The first-order valence-electron chi connectivity index (χ1n) is 6.36. The molecule has 21 heavy (non-hydrogen) atoms. The van der Waals surface area contributed by atoms with Crippen LogP contribution in [0.25, 0.3) is 5.57 Å². The fraction of sp³-hybridized carbons (Fsp3) is 0.333. The molecule has 6 heteroatoms. The van der Waals surface area contributed by atoms with Crippen LogP contribution in [0.15, 0.2) is 30.3 Å². The van der Waals surface area contributed by atoms with Crippen molar-refractivity contribution in [3.05, 3.63) is 41.5 Å². The van der Waals surface area contributed by atoms with Crippen LogP contribution in [0, 0.1) is 11.3 Å². The third-order valence-electron chi connectivity index (χ3n) is 3.33. The van der Waals surface area contributed by atoms with Gasteiger partial charge in [-0.25, -0.2) is 0 Å². The molecule has 3 nitrogen and oxygen atoms in total. The van der Waals surface area contributed by atoms with Gasteiger partial charge in [0.1, 0.15) is 5.54 Å². The van der Waals surface area contributed by atoms with Crippen LogP contribution in [-0.2, 0) is 11.0 Å². The molecule has 0 aliphatic heterocycles. The van der Waals surface area contributed by atoms with Gasteiger partial charge in [0.2, 0.25) is 5.91 Å². The van der Waals surface area contributed by atoms with Gasteiger partial charge in [0.15, 0.2) is 0 Å². The van der Waals surface area contributed by atoms with Gasteiger partial charge >= 0.3 is 6.18 Å². The van der Waals surface area contributed by atoms with Crippen molar-refractivity contribution in [2.45, 2.75) is 31.5 Å². The molecule has 0 atom stereocenters. The van der Waals surface area contributed by atoms with Crippen LogP contribution in [0.1, 0.15) is 30.9 Å². The Morgan fingerprint density at radius 1 is 1.38 bits per heavy atom. The zero-order chi connectivity index (χ0) is 15.7. The molecule has 0 heterocycles. The van der Waals surface area contributed by atoms with E-state index in [9.17, 15) is 18.0 Å². The zero-order valence-electron chi connectivity index (χ0n) is 11.3. The average Bonchev–Trinajstić information content (AvgIpc) is 3.17. The van der Waals surface area contributed by atoms with Crippen LogP contribution >= 0.6 is 0 Å². The summed E-state index contributed by atoms with van der Waals surface area (Å²) in [6.45, 7) is 1.44. The Morgan fingerprint density at radius 3 is 2.52 bits per heavy atom. The Kier molecular flexibility index (Phi) is 3.77. The summed E-state index contributed by atoms with van der Waals surface area (Å²) in [4.78, 5) is 11.8. The molecule has 1 amide bonds. The minimum Gasteiger partial charge on any atom is -0.334 e. The highest BCUT2D eigenvalue weighted by molar-refractivity contribution is 5.96. The fourth-order valence-electron chi connectivity index (χ4n) is 2.01. The molecule has 1 fully saturated rings. The van der Waals surface area contributed by atoms with Crippen molar-refractivity contribution in [3.8, 4) is 6.07 Å². The normalized spacial score (nSPS) is 17.0. The number of nitrogens with zero attached hydrogens (tertiary/aromatic N) is 1. The Balaban J connectivity index is 2.24. The molecule has 0 saturated heterocycles. The lowest BCUT2D eigenvalue weighted by atomic mass is 10.00. The van der Waals surface area contributed by atoms with Gasteiger partial charge in [0.05, 0.1) is 11.6 Å². The van der Waals surface area contributed by atoms with Gasteiger partial charge in [-0.05, 0) is 37.0 Å². The molecule has 0 unspecified atom stereocenters. The van der Waals surface area contributed by atoms with Gasteiger partial charge in [-0.2, -0.15) is 18.4 Å². The largest absolute Gasteiger partial charge is 0.416 e. The molecule has 1 aliphatic carbocycles. The van der Waals surface area contributed by atoms with E-state index in [1.807, 2.05) is 6.07 Å². The topological polar surface area (TPSA) is 52.9 Å². The molecule has 1 aliphatic rings. The van der Waals surface area contributed by atoms with E-state index >= 15 is 0 Å². The third kappa shape index (κ3) is 3.43. The Labute approximate surface area is 120 Å². The number of rotatable bonds is 3. The van der Waals surface area contributed by atoms with E-state index in [1.54, 1.807) is 0 Å². The number of nitriles is 1. The Bertz CT molecular complexity index is 637. The fourth-order valence-corrected chi connectivity index (χ4v) is 2.01.